The molecule has 0 bridgehead atoms. The van der Waals surface area contributed by atoms with E-state index in [0.717, 1.165) is 26.4 Å². The Hall–Kier alpha value is -1.02. The van der Waals surface area contributed by atoms with Crippen molar-refractivity contribution in [2.24, 2.45) is 0 Å². The molecule has 6 nitrogen and oxygen atoms in total. The maximum atomic E-state index is 9.56. The van der Waals surface area contributed by atoms with Gasteiger partial charge in [0.1, 0.15) is 18.3 Å². The summed E-state index contributed by atoms with van der Waals surface area (Å²) in [5.74, 6) is -1.82. The van der Waals surface area contributed by atoms with Crippen molar-refractivity contribution in [3.63, 3.8) is 0 Å². The fourth-order valence-electron chi connectivity index (χ4n) is 1.81. The Morgan fingerprint density at radius 3 is 1.90 bits per heavy atom. The molecule has 3 fully saturated rings. The van der Waals surface area contributed by atoms with Gasteiger partial charge in [-0.2, -0.15) is 0 Å². The molecule has 3 unspecified atom stereocenters. The molecule has 0 aromatic heterocycles. The third-order valence-corrected chi connectivity index (χ3v) is 3.39. The van der Waals surface area contributed by atoms with Crippen LogP contribution in [0.15, 0.2) is 30.3 Å². The molecular formula is C15H20O6. The highest BCUT2D eigenvalue weighted by Crippen LogP contribution is 2.31. The largest absolute Gasteiger partial charge is 0.376 e. The maximum Gasteiger partial charge on any atom is 0.219 e. The quantitative estimate of drug-likeness (QED) is 0.568. The summed E-state index contributed by atoms with van der Waals surface area (Å²) in [4.78, 5) is 0. The Labute approximate surface area is 123 Å². The Bertz CT molecular complexity index is 425. The van der Waals surface area contributed by atoms with Crippen LogP contribution >= 0.6 is 0 Å². The molecule has 0 aliphatic carbocycles. The fourth-order valence-corrected chi connectivity index (χ4v) is 1.81. The molecule has 3 aliphatic heterocycles. The van der Waals surface area contributed by atoms with E-state index in [0.29, 0.717) is 24.4 Å². The third kappa shape index (κ3) is 4.74. The molecule has 1 aromatic rings. The molecule has 6 heteroatoms. The van der Waals surface area contributed by atoms with E-state index in [1.165, 1.54) is 0 Å². The van der Waals surface area contributed by atoms with Gasteiger partial charge in [0.15, 0.2) is 0 Å². The van der Waals surface area contributed by atoms with Crippen LogP contribution in [0.25, 0.3) is 0 Å². The first-order chi connectivity index (χ1) is 10.2. The van der Waals surface area contributed by atoms with E-state index in [9.17, 15) is 10.2 Å². The van der Waals surface area contributed by atoms with E-state index in [1.807, 2.05) is 6.07 Å². The second kappa shape index (κ2) is 6.39. The van der Waals surface area contributed by atoms with Gasteiger partial charge in [-0.3, -0.25) is 0 Å². The fraction of sp³-hybridized carbons (Fsp3) is 0.600. The van der Waals surface area contributed by atoms with Crippen molar-refractivity contribution in [1.29, 1.82) is 0 Å². The summed E-state index contributed by atoms with van der Waals surface area (Å²) in [5, 5.41) is 19.1. The lowest BCUT2D eigenvalue weighted by molar-refractivity contribution is -0.184. The first-order valence-electron chi connectivity index (χ1n) is 7.09. The van der Waals surface area contributed by atoms with Gasteiger partial charge in [0.2, 0.25) is 5.79 Å². The molecule has 0 amide bonds. The Balaban J connectivity index is 0.000000131. The molecule has 1 aromatic carbocycles. The molecule has 0 saturated carbocycles. The van der Waals surface area contributed by atoms with Gasteiger partial charge in [0, 0.05) is 5.56 Å². The van der Waals surface area contributed by atoms with E-state index in [4.69, 9.17) is 18.9 Å². The van der Waals surface area contributed by atoms with Gasteiger partial charge in [0.05, 0.1) is 33.0 Å². The average molecular weight is 296 g/mol. The van der Waals surface area contributed by atoms with Crippen molar-refractivity contribution < 1.29 is 29.2 Å². The van der Waals surface area contributed by atoms with Crippen LogP contribution in [0, 0.1) is 0 Å². The molecule has 3 saturated heterocycles. The van der Waals surface area contributed by atoms with Gasteiger partial charge in [0.25, 0.3) is 0 Å². The Morgan fingerprint density at radius 2 is 1.48 bits per heavy atom. The summed E-state index contributed by atoms with van der Waals surface area (Å²) < 4.78 is 19.9. The van der Waals surface area contributed by atoms with Crippen LogP contribution in [0.4, 0.5) is 0 Å². The van der Waals surface area contributed by atoms with Crippen LogP contribution in [-0.4, -0.2) is 61.6 Å². The van der Waals surface area contributed by atoms with Gasteiger partial charge < -0.3 is 29.2 Å². The predicted molar refractivity (Wildman–Crippen MR) is 72.6 cm³/mol. The van der Waals surface area contributed by atoms with Crippen LogP contribution in [0.3, 0.4) is 0 Å². The minimum atomic E-state index is -1.82. The zero-order valence-corrected chi connectivity index (χ0v) is 11.7. The summed E-state index contributed by atoms with van der Waals surface area (Å²) in [6, 6.07) is 8.69. The molecule has 3 aliphatic rings. The van der Waals surface area contributed by atoms with Crippen molar-refractivity contribution in [1.82, 2.24) is 0 Å². The van der Waals surface area contributed by atoms with Crippen LogP contribution < -0.4 is 0 Å². The van der Waals surface area contributed by atoms with E-state index in [2.05, 4.69) is 0 Å². The second-order valence-electron chi connectivity index (χ2n) is 5.36. The van der Waals surface area contributed by atoms with Gasteiger partial charge >= 0.3 is 0 Å². The lowest BCUT2D eigenvalue weighted by Gasteiger charge is -2.19. The summed E-state index contributed by atoms with van der Waals surface area (Å²) >= 11 is 0. The van der Waals surface area contributed by atoms with Crippen LogP contribution in [-0.2, 0) is 24.7 Å². The van der Waals surface area contributed by atoms with Crippen molar-refractivity contribution in [3.05, 3.63) is 35.9 Å². The topological polar surface area (TPSA) is 87.3 Å². The van der Waals surface area contributed by atoms with Crippen LogP contribution in [0.1, 0.15) is 5.56 Å². The highest BCUT2D eigenvalue weighted by atomic mass is 16.6. The minimum absolute atomic E-state index is 0.392. The first kappa shape index (κ1) is 14.9. The van der Waals surface area contributed by atoms with Gasteiger partial charge in [-0.15, -0.1) is 0 Å². The van der Waals surface area contributed by atoms with E-state index >= 15 is 0 Å². The second-order valence-corrected chi connectivity index (χ2v) is 5.36. The zero-order valence-electron chi connectivity index (χ0n) is 11.7. The molecule has 116 valence electrons. The minimum Gasteiger partial charge on any atom is -0.376 e. The number of epoxide rings is 3. The predicted octanol–water partition coefficient (Wildman–Crippen LogP) is 0.0234. The molecule has 4 rings (SSSR count). The number of benzene rings is 1. The smallest absolute Gasteiger partial charge is 0.219 e. The lowest BCUT2D eigenvalue weighted by atomic mass is 10.0. The van der Waals surface area contributed by atoms with Crippen molar-refractivity contribution in [2.45, 2.75) is 24.1 Å². The average Bonchev–Trinajstić information content (AvgIpc) is 3.35. The first-order valence-corrected chi connectivity index (χ1v) is 7.09. The standard InChI is InChI=1S/C9H10O3.C6H10O3/c10-9(11,8-6-12-8)7-4-2-1-3-5-7;1(5-3-8-5)7-2-6-4-9-6/h1-5,8,10-11H,6H2;5-6H,1-4H2. The van der Waals surface area contributed by atoms with E-state index in [-0.39, 0.29) is 0 Å². The number of hydrogen-bond donors (Lipinski definition) is 2. The normalized spacial score (nSPS) is 29.3. The molecule has 0 radical (unpaired) electrons. The maximum absolute atomic E-state index is 9.56. The number of aliphatic hydroxyl groups is 2. The van der Waals surface area contributed by atoms with Crippen molar-refractivity contribution >= 4 is 0 Å². The Kier molecular flexibility index (Phi) is 4.54. The van der Waals surface area contributed by atoms with Crippen LogP contribution in [0.2, 0.25) is 0 Å². The molecule has 3 atom stereocenters. The number of ether oxygens (including phenoxy) is 4. The van der Waals surface area contributed by atoms with E-state index < -0.39 is 11.9 Å². The molecule has 3 heterocycles. The number of rotatable bonds is 6. The molecule has 2 N–H and O–H groups in total. The zero-order chi connectivity index (χ0) is 14.7. The lowest BCUT2D eigenvalue weighted by Crippen LogP contribution is -2.31. The number of hydrogen-bond acceptors (Lipinski definition) is 6. The van der Waals surface area contributed by atoms with Crippen molar-refractivity contribution in [2.75, 3.05) is 33.0 Å². The highest BCUT2D eigenvalue weighted by molar-refractivity contribution is 5.22. The Morgan fingerprint density at radius 1 is 0.952 bits per heavy atom. The summed E-state index contributed by atoms with van der Waals surface area (Å²) in [5.41, 5.74) is 0.479. The van der Waals surface area contributed by atoms with E-state index in [1.54, 1.807) is 24.3 Å². The summed E-state index contributed by atoms with van der Waals surface area (Å²) in [6.45, 7) is 3.68. The molecular weight excluding hydrogens is 276 g/mol. The van der Waals surface area contributed by atoms with Crippen molar-refractivity contribution in [3.8, 4) is 0 Å². The van der Waals surface area contributed by atoms with Crippen LogP contribution in [0.5, 0.6) is 0 Å². The van der Waals surface area contributed by atoms with Gasteiger partial charge in [-0.05, 0) is 0 Å². The third-order valence-electron chi connectivity index (χ3n) is 3.39. The monoisotopic (exact) mass is 296 g/mol. The molecule has 0 spiro atoms. The summed E-state index contributed by atoms with van der Waals surface area (Å²) in [6.07, 6.45) is 0.326. The van der Waals surface area contributed by atoms with Gasteiger partial charge in [-0.25, -0.2) is 0 Å². The highest BCUT2D eigenvalue weighted by Gasteiger charge is 2.45. The SMILES string of the molecule is C(OCC1CO1)C1CO1.OC(O)(c1ccccc1)C1CO1. The molecule has 21 heavy (non-hydrogen) atoms. The van der Waals surface area contributed by atoms with Gasteiger partial charge in [-0.1, -0.05) is 30.3 Å². The summed E-state index contributed by atoms with van der Waals surface area (Å²) in [7, 11) is 0.